The van der Waals surface area contributed by atoms with Gasteiger partial charge >= 0.3 is 0 Å². The first-order valence-electron chi connectivity index (χ1n) is 10.1. The number of carbonyl (C=O) groups excluding carboxylic acids is 1. The molecule has 29 heavy (non-hydrogen) atoms. The number of carbonyl (C=O) groups is 1. The van der Waals surface area contributed by atoms with Crippen molar-refractivity contribution in [1.29, 1.82) is 0 Å². The summed E-state index contributed by atoms with van der Waals surface area (Å²) in [4.78, 5) is 17.9. The van der Waals surface area contributed by atoms with Gasteiger partial charge in [0.05, 0.1) is 0 Å². The van der Waals surface area contributed by atoms with Gasteiger partial charge < -0.3 is 4.90 Å². The van der Waals surface area contributed by atoms with Gasteiger partial charge in [0.1, 0.15) is 0 Å². The Morgan fingerprint density at radius 3 is 2.07 bits per heavy atom. The molecule has 1 amide bonds. The summed E-state index contributed by atoms with van der Waals surface area (Å²) in [6.45, 7) is 2.98. The topological polar surface area (TPSA) is 23.6 Å². The van der Waals surface area contributed by atoms with Crippen LogP contribution >= 0.6 is 22.6 Å². The van der Waals surface area contributed by atoms with Gasteiger partial charge in [0, 0.05) is 40.5 Å². The highest BCUT2D eigenvalue weighted by Gasteiger charge is 2.29. The Hall–Kier alpha value is -2.18. The van der Waals surface area contributed by atoms with E-state index in [9.17, 15) is 4.79 Å². The highest BCUT2D eigenvalue weighted by Crippen LogP contribution is 2.27. The molecule has 0 aromatic heterocycles. The van der Waals surface area contributed by atoms with E-state index in [1.54, 1.807) is 0 Å². The smallest absolute Gasteiger partial charge is 0.258 e. The predicted octanol–water partition coefficient (Wildman–Crippen LogP) is 5.60. The van der Waals surface area contributed by atoms with E-state index in [-0.39, 0.29) is 11.9 Å². The van der Waals surface area contributed by atoms with Gasteiger partial charge in [0.15, 0.2) is 0 Å². The lowest BCUT2D eigenvalue weighted by Crippen LogP contribution is -2.47. The number of likely N-dealkylation sites (tertiary alicyclic amines) is 1. The Bertz CT molecular complexity index is 920. The van der Waals surface area contributed by atoms with E-state index in [4.69, 9.17) is 0 Å². The summed E-state index contributed by atoms with van der Waals surface area (Å²) in [5.41, 5.74) is 3.08. The van der Waals surface area contributed by atoms with Crippen molar-refractivity contribution in [2.75, 3.05) is 18.0 Å². The predicted molar refractivity (Wildman–Crippen MR) is 127 cm³/mol. The normalized spacial score (nSPS) is 15.2. The van der Waals surface area contributed by atoms with Gasteiger partial charge in [0.25, 0.3) is 5.91 Å². The van der Waals surface area contributed by atoms with E-state index in [1.807, 2.05) is 35.2 Å². The zero-order chi connectivity index (χ0) is 20.1. The molecule has 0 atom stereocenters. The summed E-state index contributed by atoms with van der Waals surface area (Å²) < 4.78 is 1.18. The molecule has 3 aromatic rings. The van der Waals surface area contributed by atoms with Crippen LogP contribution < -0.4 is 4.90 Å². The van der Waals surface area contributed by atoms with Crippen molar-refractivity contribution in [1.82, 2.24) is 4.90 Å². The number of anilines is 1. The van der Waals surface area contributed by atoms with Gasteiger partial charge in [-0.2, -0.15) is 0 Å². The van der Waals surface area contributed by atoms with Gasteiger partial charge in [-0.15, -0.1) is 0 Å². The van der Waals surface area contributed by atoms with Gasteiger partial charge in [-0.1, -0.05) is 48.5 Å². The Balaban J connectivity index is 1.51. The maximum atomic E-state index is 13.4. The van der Waals surface area contributed by atoms with Crippen molar-refractivity contribution in [3.8, 4) is 0 Å². The first kappa shape index (κ1) is 20.1. The molecule has 1 aliphatic rings. The van der Waals surface area contributed by atoms with Gasteiger partial charge in [-0.05, 0) is 77.4 Å². The molecule has 3 aromatic carbocycles. The lowest BCUT2D eigenvalue weighted by atomic mass is 10.00. The van der Waals surface area contributed by atoms with Crippen LogP contribution in [0, 0.1) is 3.57 Å². The largest absolute Gasteiger partial charge is 0.305 e. The lowest BCUT2D eigenvalue weighted by Gasteiger charge is -2.38. The van der Waals surface area contributed by atoms with Crippen LogP contribution in [0.4, 0.5) is 5.69 Å². The minimum absolute atomic E-state index is 0.0910. The third-order valence-electron chi connectivity index (χ3n) is 5.52. The van der Waals surface area contributed by atoms with Crippen molar-refractivity contribution in [3.05, 3.63) is 99.6 Å². The summed E-state index contributed by atoms with van der Waals surface area (Å²) in [5.74, 6) is 0.0910. The standard InChI is InChI=1S/C25H25IN2O/c26-22-11-13-23(14-12-22)28(25(29)21-9-5-2-6-10-21)24-15-17-27(18-16-24)19-20-7-3-1-4-8-20/h1-14,24H,15-19H2. The number of nitrogens with zero attached hydrogens (tertiary/aromatic N) is 2. The molecule has 3 nitrogen and oxygen atoms in total. The van der Waals surface area contributed by atoms with E-state index in [2.05, 4.69) is 82.1 Å². The monoisotopic (exact) mass is 496 g/mol. The van der Waals surface area contributed by atoms with Gasteiger partial charge in [-0.3, -0.25) is 9.69 Å². The highest BCUT2D eigenvalue weighted by molar-refractivity contribution is 14.1. The van der Waals surface area contributed by atoms with E-state index in [0.29, 0.717) is 0 Å². The second-order valence-corrected chi connectivity index (χ2v) is 8.76. The minimum atomic E-state index is 0.0910. The number of halogens is 1. The van der Waals surface area contributed by atoms with Crippen LogP contribution in [-0.2, 0) is 6.54 Å². The van der Waals surface area contributed by atoms with Crippen molar-refractivity contribution in [3.63, 3.8) is 0 Å². The highest BCUT2D eigenvalue weighted by atomic mass is 127. The quantitative estimate of drug-likeness (QED) is 0.430. The fourth-order valence-corrected chi connectivity index (χ4v) is 4.35. The molecule has 1 saturated heterocycles. The summed E-state index contributed by atoms with van der Waals surface area (Å²) >= 11 is 2.31. The number of piperidine rings is 1. The summed E-state index contributed by atoms with van der Waals surface area (Å²) in [5, 5.41) is 0. The molecule has 1 fully saturated rings. The van der Waals surface area contributed by atoms with Crippen molar-refractivity contribution in [2.45, 2.75) is 25.4 Å². The minimum Gasteiger partial charge on any atom is -0.305 e. The number of rotatable bonds is 5. The molecule has 1 aliphatic heterocycles. The molecule has 0 saturated carbocycles. The van der Waals surface area contributed by atoms with Crippen molar-refractivity contribution < 1.29 is 4.79 Å². The van der Waals surface area contributed by atoms with E-state index in [1.165, 1.54) is 9.13 Å². The first-order chi connectivity index (χ1) is 14.2. The fraction of sp³-hybridized carbons (Fsp3) is 0.240. The average molecular weight is 496 g/mol. The van der Waals surface area contributed by atoms with Gasteiger partial charge in [0.2, 0.25) is 0 Å². The molecule has 0 N–H and O–H groups in total. The Kier molecular flexibility index (Phi) is 6.62. The Morgan fingerprint density at radius 2 is 1.45 bits per heavy atom. The van der Waals surface area contributed by atoms with E-state index < -0.39 is 0 Å². The molecule has 148 valence electrons. The van der Waals surface area contributed by atoms with Crippen LogP contribution in [0.2, 0.25) is 0 Å². The van der Waals surface area contributed by atoms with Gasteiger partial charge in [-0.25, -0.2) is 0 Å². The molecule has 0 spiro atoms. The average Bonchev–Trinajstić information content (AvgIpc) is 2.78. The number of amides is 1. The zero-order valence-corrected chi connectivity index (χ0v) is 18.5. The molecule has 0 unspecified atom stereocenters. The van der Waals surface area contributed by atoms with Crippen molar-refractivity contribution >= 4 is 34.2 Å². The molecular formula is C25H25IN2O. The number of benzene rings is 3. The first-order valence-corrected chi connectivity index (χ1v) is 11.2. The summed E-state index contributed by atoms with van der Waals surface area (Å²) in [6, 6.07) is 28.8. The molecule has 4 rings (SSSR count). The summed E-state index contributed by atoms with van der Waals surface area (Å²) in [6.07, 6.45) is 1.97. The fourth-order valence-electron chi connectivity index (χ4n) is 3.99. The van der Waals surface area contributed by atoms with Crippen LogP contribution in [0.15, 0.2) is 84.9 Å². The van der Waals surface area contributed by atoms with Crippen LogP contribution in [0.25, 0.3) is 0 Å². The SMILES string of the molecule is O=C(c1ccccc1)N(c1ccc(I)cc1)C1CCN(Cc2ccccc2)CC1. The van der Waals surface area contributed by atoms with E-state index in [0.717, 1.165) is 43.7 Å². The van der Waals surface area contributed by atoms with Crippen LogP contribution in [0.1, 0.15) is 28.8 Å². The van der Waals surface area contributed by atoms with Crippen LogP contribution in [0.3, 0.4) is 0 Å². The maximum absolute atomic E-state index is 13.4. The summed E-state index contributed by atoms with van der Waals surface area (Å²) in [7, 11) is 0. The lowest BCUT2D eigenvalue weighted by molar-refractivity contribution is 0.0958. The molecule has 0 bridgehead atoms. The zero-order valence-electron chi connectivity index (χ0n) is 16.4. The van der Waals surface area contributed by atoms with Crippen LogP contribution in [0.5, 0.6) is 0 Å². The molecule has 4 heteroatoms. The number of hydrogen-bond donors (Lipinski definition) is 0. The second-order valence-electron chi connectivity index (χ2n) is 7.51. The molecule has 0 radical (unpaired) electrons. The second kappa shape index (κ2) is 9.55. The van der Waals surface area contributed by atoms with Crippen molar-refractivity contribution in [2.24, 2.45) is 0 Å². The molecular weight excluding hydrogens is 471 g/mol. The van der Waals surface area contributed by atoms with E-state index >= 15 is 0 Å². The maximum Gasteiger partial charge on any atom is 0.258 e. The third kappa shape index (κ3) is 5.06. The molecule has 1 heterocycles. The van der Waals surface area contributed by atoms with Crippen LogP contribution in [-0.4, -0.2) is 29.9 Å². The Labute approximate surface area is 186 Å². The Morgan fingerprint density at radius 1 is 0.862 bits per heavy atom. The number of hydrogen-bond acceptors (Lipinski definition) is 2. The molecule has 0 aliphatic carbocycles. The third-order valence-corrected chi connectivity index (χ3v) is 6.23.